The molecule has 18 heavy (non-hydrogen) atoms. The summed E-state index contributed by atoms with van der Waals surface area (Å²) in [5.41, 5.74) is 1.77. The third-order valence-corrected chi connectivity index (χ3v) is 2.54. The average molecular weight is 250 g/mol. The number of amides is 1. The van der Waals surface area contributed by atoms with E-state index in [1.165, 1.54) is 0 Å². The topological polar surface area (TPSA) is 58.6 Å². The Bertz CT molecular complexity index is 362. The van der Waals surface area contributed by atoms with E-state index in [1.54, 1.807) is 25.8 Å². The van der Waals surface area contributed by atoms with E-state index in [-0.39, 0.29) is 19.1 Å². The fourth-order valence-electron chi connectivity index (χ4n) is 1.72. The molecule has 0 bridgehead atoms. The highest BCUT2D eigenvalue weighted by atomic mass is 16.5. The van der Waals surface area contributed by atoms with Gasteiger partial charge in [0.25, 0.3) is 5.91 Å². The van der Waals surface area contributed by atoms with Crippen LogP contribution in [-0.2, 0) is 11.2 Å². The minimum absolute atomic E-state index is 0.0474. The monoisotopic (exact) mass is 250 g/mol. The Balaban J connectivity index is 2.54. The summed E-state index contributed by atoms with van der Waals surface area (Å²) in [5, 5.41) is 11.2. The molecule has 1 aromatic rings. The van der Waals surface area contributed by atoms with Gasteiger partial charge in [0.05, 0.1) is 13.7 Å². The van der Waals surface area contributed by atoms with Crippen molar-refractivity contribution in [1.29, 1.82) is 0 Å². The van der Waals surface area contributed by atoms with Crippen LogP contribution in [-0.4, -0.2) is 31.3 Å². The van der Waals surface area contributed by atoms with Crippen LogP contribution in [0, 0.1) is 12.5 Å². The number of ether oxygens (including phenoxy) is 1. The average Bonchev–Trinajstić information content (AvgIpc) is 2.37. The lowest BCUT2D eigenvalue weighted by atomic mass is 10.0. The number of hydrogen-bond donors (Lipinski definition) is 2. The predicted molar refractivity (Wildman–Crippen MR) is 70.0 cm³/mol. The molecule has 0 saturated heterocycles. The molecule has 0 heterocycles. The minimum atomic E-state index is -0.160. The lowest BCUT2D eigenvalue weighted by Gasteiger charge is -2.05. The molecular formula is C14H20NO3+. The maximum Gasteiger partial charge on any atom is 0.251 e. The van der Waals surface area contributed by atoms with E-state index in [2.05, 4.69) is 12.2 Å². The van der Waals surface area contributed by atoms with E-state index in [9.17, 15) is 4.79 Å². The molecule has 0 saturated carbocycles. The lowest BCUT2D eigenvalue weighted by molar-refractivity contribution is 0.0945. The third kappa shape index (κ3) is 4.77. The van der Waals surface area contributed by atoms with Gasteiger partial charge in [-0.25, -0.2) is 0 Å². The molecule has 1 atom stereocenters. The summed E-state index contributed by atoms with van der Waals surface area (Å²) in [6, 6.07) is 7.46. The van der Waals surface area contributed by atoms with Crippen molar-refractivity contribution in [3.63, 3.8) is 0 Å². The summed E-state index contributed by atoms with van der Waals surface area (Å²) in [6.45, 7) is 4.10. The van der Waals surface area contributed by atoms with Gasteiger partial charge in [-0.05, 0) is 24.6 Å². The number of rotatable bonds is 7. The molecule has 1 aromatic carbocycles. The second-order valence-electron chi connectivity index (χ2n) is 4.23. The van der Waals surface area contributed by atoms with Crippen LogP contribution in [0.25, 0.3) is 0 Å². The molecule has 0 aromatic heterocycles. The van der Waals surface area contributed by atoms with Gasteiger partial charge in [0.1, 0.15) is 5.92 Å². The molecule has 0 aliphatic carbocycles. The Labute approximate surface area is 108 Å². The SMILES string of the molecule is CO[CH+][C@@H](C)Cc1ccc(C(=O)NCCO)cc1. The molecule has 0 aliphatic rings. The van der Waals surface area contributed by atoms with E-state index in [0.717, 1.165) is 12.0 Å². The number of carbonyl (C=O) groups is 1. The Hall–Kier alpha value is -1.52. The Morgan fingerprint density at radius 3 is 2.67 bits per heavy atom. The molecular weight excluding hydrogens is 230 g/mol. The fourth-order valence-corrected chi connectivity index (χ4v) is 1.72. The fraction of sp³-hybridized carbons (Fsp3) is 0.429. The number of aliphatic hydroxyl groups is 1. The summed E-state index contributed by atoms with van der Waals surface area (Å²) in [4.78, 5) is 11.6. The first-order valence-electron chi connectivity index (χ1n) is 6.01. The molecule has 4 heteroatoms. The second kappa shape index (κ2) is 7.74. The van der Waals surface area contributed by atoms with Gasteiger partial charge in [-0.3, -0.25) is 4.79 Å². The first kappa shape index (κ1) is 14.5. The molecule has 2 N–H and O–H groups in total. The van der Waals surface area contributed by atoms with E-state index in [4.69, 9.17) is 9.84 Å². The number of nitrogens with one attached hydrogen (secondary N) is 1. The Kier molecular flexibility index (Phi) is 6.25. The number of carbonyl (C=O) groups excluding carboxylic acids is 1. The van der Waals surface area contributed by atoms with E-state index in [0.29, 0.717) is 11.5 Å². The first-order chi connectivity index (χ1) is 8.67. The quantitative estimate of drug-likeness (QED) is 0.719. The van der Waals surface area contributed by atoms with E-state index >= 15 is 0 Å². The van der Waals surface area contributed by atoms with Crippen molar-refractivity contribution in [3.8, 4) is 0 Å². The summed E-state index contributed by atoms with van der Waals surface area (Å²) in [6.07, 6.45) is 0.881. The van der Waals surface area contributed by atoms with E-state index < -0.39 is 0 Å². The molecule has 0 unspecified atom stereocenters. The third-order valence-electron chi connectivity index (χ3n) is 2.54. The van der Waals surface area contributed by atoms with Gasteiger partial charge in [0.15, 0.2) is 0 Å². The minimum Gasteiger partial charge on any atom is -0.395 e. The first-order valence-corrected chi connectivity index (χ1v) is 6.01. The van der Waals surface area contributed by atoms with Crippen molar-refractivity contribution in [2.75, 3.05) is 20.3 Å². The number of methoxy groups -OCH3 is 1. The summed E-state index contributed by atoms with van der Waals surface area (Å²) < 4.78 is 4.97. The molecule has 4 nitrogen and oxygen atoms in total. The van der Waals surface area contributed by atoms with Crippen molar-refractivity contribution in [3.05, 3.63) is 42.0 Å². The molecule has 98 valence electrons. The van der Waals surface area contributed by atoms with Crippen molar-refractivity contribution in [2.45, 2.75) is 13.3 Å². The zero-order valence-corrected chi connectivity index (χ0v) is 10.8. The maximum atomic E-state index is 11.6. The maximum absolute atomic E-state index is 11.6. The number of hydrogen-bond acceptors (Lipinski definition) is 3. The van der Waals surface area contributed by atoms with Crippen LogP contribution in [0.3, 0.4) is 0 Å². The van der Waals surface area contributed by atoms with E-state index in [1.807, 2.05) is 12.1 Å². The number of aliphatic hydroxyl groups excluding tert-OH is 1. The molecule has 1 amide bonds. The largest absolute Gasteiger partial charge is 0.395 e. The van der Waals surface area contributed by atoms with Gasteiger partial charge in [0, 0.05) is 18.5 Å². The van der Waals surface area contributed by atoms with Crippen LogP contribution >= 0.6 is 0 Å². The zero-order valence-electron chi connectivity index (χ0n) is 10.8. The molecule has 0 radical (unpaired) electrons. The molecule has 0 aliphatic heterocycles. The van der Waals surface area contributed by atoms with Crippen LogP contribution in [0.5, 0.6) is 0 Å². The highest BCUT2D eigenvalue weighted by molar-refractivity contribution is 5.94. The second-order valence-corrected chi connectivity index (χ2v) is 4.23. The summed E-state index contributed by atoms with van der Waals surface area (Å²) in [7, 11) is 1.64. The predicted octanol–water partition coefficient (Wildman–Crippen LogP) is 1.40. The van der Waals surface area contributed by atoms with Crippen molar-refractivity contribution < 1.29 is 14.6 Å². The lowest BCUT2D eigenvalue weighted by Crippen LogP contribution is -2.26. The highest BCUT2D eigenvalue weighted by Crippen LogP contribution is 2.12. The zero-order chi connectivity index (χ0) is 13.4. The molecule has 0 spiro atoms. The van der Waals surface area contributed by atoms with Gasteiger partial charge >= 0.3 is 0 Å². The van der Waals surface area contributed by atoms with Crippen molar-refractivity contribution in [1.82, 2.24) is 5.32 Å². The van der Waals surface area contributed by atoms with Crippen molar-refractivity contribution >= 4 is 5.91 Å². The normalized spacial score (nSPS) is 11.9. The van der Waals surface area contributed by atoms with Crippen LogP contribution in [0.2, 0.25) is 0 Å². The van der Waals surface area contributed by atoms with Crippen LogP contribution in [0.1, 0.15) is 22.8 Å². The van der Waals surface area contributed by atoms with Gasteiger partial charge in [-0.15, -0.1) is 0 Å². The van der Waals surface area contributed by atoms with Gasteiger partial charge < -0.3 is 10.4 Å². The summed E-state index contributed by atoms with van der Waals surface area (Å²) in [5.74, 6) is 0.177. The Morgan fingerprint density at radius 1 is 1.44 bits per heavy atom. The van der Waals surface area contributed by atoms with Crippen LogP contribution < -0.4 is 5.32 Å². The molecule has 0 fully saturated rings. The van der Waals surface area contributed by atoms with Crippen LogP contribution in [0.4, 0.5) is 0 Å². The highest BCUT2D eigenvalue weighted by Gasteiger charge is 2.12. The standard InChI is InChI=1S/C14H19NO3/c1-11(10-18-2)9-12-3-5-13(6-4-12)14(17)15-7-8-16/h3-6,10-11,16H,7-9H2,1-2H3/p+1/t11-/m0/s1. The number of benzene rings is 1. The smallest absolute Gasteiger partial charge is 0.251 e. The van der Waals surface area contributed by atoms with Crippen LogP contribution in [0.15, 0.2) is 24.3 Å². The Morgan fingerprint density at radius 2 is 2.11 bits per heavy atom. The van der Waals surface area contributed by atoms with Gasteiger partial charge in [0.2, 0.25) is 6.61 Å². The summed E-state index contributed by atoms with van der Waals surface area (Å²) >= 11 is 0. The molecule has 1 rings (SSSR count). The van der Waals surface area contributed by atoms with Gasteiger partial charge in [-0.1, -0.05) is 12.1 Å². The van der Waals surface area contributed by atoms with Crippen molar-refractivity contribution in [2.24, 2.45) is 5.92 Å². The van der Waals surface area contributed by atoms with Gasteiger partial charge in [-0.2, -0.15) is 4.74 Å².